The lowest BCUT2D eigenvalue weighted by Crippen LogP contribution is -2.46. The molecule has 7 nitrogen and oxygen atoms in total. The smallest absolute Gasteiger partial charge is 0.278 e. The molecule has 0 saturated carbocycles. The van der Waals surface area contributed by atoms with E-state index in [1.807, 2.05) is 18.2 Å². The molecule has 0 radical (unpaired) electrons. The summed E-state index contributed by atoms with van der Waals surface area (Å²) in [5, 5.41) is 11.9. The van der Waals surface area contributed by atoms with Crippen molar-refractivity contribution in [2.45, 2.75) is 0 Å². The highest BCUT2D eigenvalue weighted by molar-refractivity contribution is 5.97. The summed E-state index contributed by atoms with van der Waals surface area (Å²) in [4.78, 5) is 19.9. The number of hydrogen-bond acceptors (Lipinski definition) is 6. The van der Waals surface area contributed by atoms with Gasteiger partial charge in [-0.3, -0.25) is 15.1 Å². The van der Waals surface area contributed by atoms with E-state index in [0.29, 0.717) is 10.9 Å². The van der Waals surface area contributed by atoms with Crippen LogP contribution in [0.3, 0.4) is 0 Å². The molecule has 4 rings (SSSR count). The van der Waals surface area contributed by atoms with Crippen LogP contribution in [0.1, 0.15) is 0 Å². The number of benzene rings is 2. The van der Waals surface area contributed by atoms with Crippen LogP contribution in [-0.2, 0) is 0 Å². The maximum Gasteiger partial charge on any atom is 0.278 e. The average molecular weight is 364 g/mol. The first-order valence-electron chi connectivity index (χ1n) is 8.83. The van der Waals surface area contributed by atoms with E-state index < -0.39 is 0 Å². The largest absolute Gasteiger partial charge is 0.497 e. The van der Waals surface area contributed by atoms with E-state index in [4.69, 9.17) is 4.74 Å². The van der Waals surface area contributed by atoms with Crippen LogP contribution in [0.25, 0.3) is 10.9 Å². The second-order valence-electron chi connectivity index (χ2n) is 6.43. The highest BCUT2D eigenvalue weighted by atomic mass is 16.6. The van der Waals surface area contributed by atoms with Gasteiger partial charge < -0.3 is 14.5 Å². The van der Waals surface area contributed by atoms with Crippen LogP contribution in [0.4, 0.5) is 17.1 Å². The summed E-state index contributed by atoms with van der Waals surface area (Å²) in [7, 11) is 1.66. The van der Waals surface area contributed by atoms with Gasteiger partial charge in [0, 0.05) is 44.1 Å². The molecule has 1 saturated heterocycles. The Morgan fingerprint density at radius 3 is 2.37 bits per heavy atom. The fourth-order valence-corrected chi connectivity index (χ4v) is 3.56. The lowest BCUT2D eigenvalue weighted by atomic mass is 10.1. The Kier molecular flexibility index (Phi) is 4.50. The number of nitro groups is 1. The van der Waals surface area contributed by atoms with Crippen molar-refractivity contribution in [2.24, 2.45) is 0 Å². The fourth-order valence-electron chi connectivity index (χ4n) is 3.56. The van der Waals surface area contributed by atoms with E-state index in [1.54, 1.807) is 31.5 Å². The predicted molar refractivity (Wildman–Crippen MR) is 106 cm³/mol. The lowest BCUT2D eigenvalue weighted by Gasteiger charge is -2.37. The minimum Gasteiger partial charge on any atom is -0.497 e. The molecule has 0 atom stereocenters. The van der Waals surface area contributed by atoms with Crippen molar-refractivity contribution < 1.29 is 9.66 Å². The van der Waals surface area contributed by atoms with Crippen molar-refractivity contribution in [3.63, 3.8) is 0 Å². The maximum absolute atomic E-state index is 11.3. The van der Waals surface area contributed by atoms with Gasteiger partial charge in [0.25, 0.3) is 5.69 Å². The van der Waals surface area contributed by atoms with E-state index in [0.717, 1.165) is 37.6 Å². The molecular formula is C20H20N4O3. The molecule has 0 spiro atoms. The van der Waals surface area contributed by atoms with E-state index in [1.165, 1.54) is 5.69 Å². The first-order chi connectivity index (χ1) is 13.2. The number of nitrogens with zero attached hydrogens (tertiary/aromatic N) is 4. The Morgan fingerprint density at radius 1 is 1.00 bits per heavy atom. The minimum absolute atomic E-state index is 0.0960. The maximum atomic E-state index is 11.3. The van der Waals surface area contributed by atoms with Crippen LogP contribution >= 0.6 is 0 Å². The molecule has 138 valence electrons. The molecule has 0 unspecified atom stereocenters. The number of ether oxygens (including phenoxy) is 1. The van der Waals surface area contributed by atoms with E-state index >= 15 is 0 Å². The number of aromatic nitrogens is 1. The van der Waals surface area contributed by atoms with Gasteiger partial charge in [0.05, 0.1) is 23.1 Å². The molecule has 2 heterocycles. The third-order valence-corrected chi connectivity index (χ3v) is 4.98. The fraction of sp³-hybridized carbons (Fsp3) is 0.250. The zero-order valence-electron chi connectivity index (χ0n) is 15.0. The molecule has 7 heteroatoms. The first-order valence-corrected chi connectivity index (χ1v) is 8.83. The van der Waals surface area contributed by atoms with Crippen LogP contribution in [-0.4, -0.2) is 43.2 Å². The van der Waals surface area contributed by atoms with Gasteiger partial charge >= 0.3 is 0 Å². The third kappa shape index (κ3) is 3.23. The standard InChI is InChI=1S/C20H20N4O3/c1-27-16-6-4-15(5-7-16)22-11-13-23(14-12-22)19-9-8-18(24(25)26)17-3-2-10-21-20(17)19/h2-10H,11-14H2,1H3. The minimum atomic E-state index is -0.352. The van der Waals surface area contributed by atoms with E-state index in [2.05, 4.69) is 26.9 Å². The van der Waals surface area contributed by atoms with Crippen LogP contribution in [0.15, 0.2) is 54.7 Å². The summed E-state index contributed by atoms with van der Waals surface area (Å²) >= 11 is 0. The number of rotatable bonds is 4. The topological polar surface area (TPSA) is 71.7 Å². The van der Waals surface area contributed by atoms with Crippen molar-refractivity contribution in [3.05, 3.63) is 64.8 Å². The van der Waals surface area contributed by atoms with Crippen LogP contribution in [0, 0.1) is 10.1 Å². The summed E-state index contributed by atoms with van der Waals surface area (Å²) in [6.45, 7) is 3.40. The number of non-ortho nitro benzene ring substituents is 1. The second kappa shape index (κ2) is 7.11. The number of fused-ring (bicyclic) bond motifs is 1. The number of nitro benzene ring substituents is 1. The van der Waals surface area contributed by atoms with Crippen molar-refractivity contribution in [1.29, 1.82) is 0 Å². The summed E-state index contributed by atoms with van der Waals surface area (Å²) in [6.07, 6.45) is 1.68. The normalized spacial score (nSPS) is 14.4. The monoisotopic (exact) mass is 364 g/mol. The number of pyridine rings is 1. The molecule has 1 aliphatic rings. The summed E-state index contributed by atoms with van der Waals surface area (Å²) in [5.74, 6) is 0.848. The number of methoxy groups -OCH3 is 1. The molecular weight excluding hydrogens is 344 g/mol. The van der Waals surface area contributed by atoms with Gasteiger partial charge in [-0.2, -0.15) is 0 Å². The van der Waals surface area contributed by atoms with Crippen molar-refractivity contribution in [3.8, 4) is 5.75 Å². The Bertz CT molecular complexity index is 967. The Balaban J connectivity index is 1.56. The Hall–Kier alpha value is -3.35. The molecule has 3 aromatic rings. The van der Waals surface area contributed by atoms with Gasteiger partial charge in [-0.25, -0.2) is 0 Å². The van der Waals surface area contributed by atoms with Crippen molar-refractivity contribution in [1.82, 2.24) is 4.98 Å². The van der Waals surface area contributed by atoms with Crippen LogP contribution in [0.5, 0.6) is 5.75 Å². The number of anilines is 2. The molecule has 27 heavy (non-hydrogen) atoms. The summed E-state index contributed by atoms with van der Waals surface area (Å²) in [5.41, 5.74) is 2.90. The van der Waals surface area contributed by atoms with Gasteiger partial charge in [-0.1, -0.05) is 0 Å². The highest BCUT2D eigenvalue weighted by Gasteiger charge is 2.22. The molecule has 0 N–H and O–H groups in total. The summed E-state index contributed by atoms with van der Waals surface area (Å²) in [6, 6.07) is 15.0. The number of piperazine rings is 1. The number of hydrogen-bond donors (Lipinski definition) is 0. The molecule has 0 amide bonds. The second-order valence-corrected chi connectivity index (χ2v) is 6.43. The Labute approximate surface area is 156 Å². The molecule has 0 bridgehead atoms. The van der Waals surface area contributed by atoms with Crippen molar-refractivity contribution in [2.75, 3.05) is 43.1 Å². The molecule has 2 aromatic carbocycles. The predicted octanol–water partition coefficient (Wildman–Crippen LogP) is 3.48. The molecule has 1 fully saturated rings. The van der Waals surface area contributed by atoms with Gasteiger partial charge in [0.1, 0.15) is 11.3 Å². The zero-order chi connectivity index (χ0) is 18.8. The van der Waals surface area contributed by atoms with Gasteiger partial charge in [0.15, 0.2) is 0 Å². The molecule has 1 aromatic heterocycles. The third-order valence-electron chi connectivity index (χ3n) is 4.98. The van der Waals surface area contributed by atoms with E-state index in [9.17, 15) is 10.1 Å². The molecule has 1 aliphatic heterocycles. The SMILES string of the molecule is COc1ccc(N2CCN(c3ccc([N+](=O)[O-])c4cccnc34)CC2)cc1. The highest BCUT2D eigenvalue weighted by Crippen LogP contribution is 2.33. The van der Waals surface area contributed by atoms with Crippen LogP contribution < -0.4 is 14.5 Å². The lowest BCUT2D eigenvalue weighted by molar-refractivity contribution is -0.383. The van der Waals surface area contributed by atoms with E-state index in [-0.39, 0.29) is 10.6 Å². The van der Waals surface area contributed by atoms with Gasteiger partial charge in [-0.15, -0.1) is 0 Å². The first kappa shape index (κ1) is 17.1. The van der Waals surface area contributed by atoms with Gasteiger partial charge in [-0.05, 0) is 42.5 Å². The average Bonchev–Trinajstić information content (AvgIpc) is 2.73. The van der Waals surface area contributed by atoms with Crippen LogP contribution in [0.2, 0.25) is 0 Å². The Morgan fingerprint density at radius 2 is 1.70 bits per heavy atom. The quantitative estimate of drug-likeness (QED) is 0.521. The molecule has 0 aliphatic carbocycles. The van der Waals surface area contributed by atoms with Crippen molar-refractivity contribution >= 4 is 28.0 Å². The summed E-state index contributed by atoms with van der Waals surface area (Å²) < 4.78 is 5.22. The van der Waals surface area contributed by atoms with Gasteiger partial charge in [0.2, 0.25) is 0 Å². The zero-order valence-corrected chi connectivity index (χ0v) is 15.0.